The molecule has 1 aromatic carbocycles. The average molecular weight is 555 g/mol. The molecule has 8 heteroatoms. The van der Waals surface area contributed by atoms with Gasteiger partial charge in [0.25, 0.3) is 0 Å². The van der Waals surface area contributed by atoms with Gasteiger partial charge in [-0.05, 0) is 57.4 Å². The second kappa shape index (κ2) is 11.3. The molecule has 3 fully saturated rings. The van der Waals surface area contributed by atoms with E-state index in [1.807, 2.05) is 44.2 Å². The maximum Gasteiger partial charge on any atom is 0.312 e. The third-order valence-corrected chi connectivity index (χ3v) is 8.72. The van der Waals surface area contributed by atoms with Gasteiger partial charge >= 0.3 is 5.97 Å². The highest BCUT2D eigenvalue weighted by atomic mass is 16.6. The summed E-state index contributed by atoms with van der Waals surface area (Å²) in [7, 11) is 0. The van der Waals surface area contributed by atoms with Crippen molar-refractivity contribution in [2.45, 2.75) is 96.6 Å². The summed E-state index contributed by atoms with van der Waals surface area (Å²) in [5.74, 6) is -2.61. The number of esters is 1. The topological polar surface area (TPSA) is 96.4 Å². The lowest BCUT2D eigenvalue weighted by Gasteiger charge is -2.46. The average Bonchev–Trinajstić information content (AvgIpc) is 3.52. The maximum absolute atomic E-state index is 14.8. The molecule has 0 aliphatic carbocycles. The third-order valence-electron chi connectivity index (χ3n) is 8.72. The molecule has 0 unspecified atom stereocenters. The van der Waals surface area contributed by atoms with Crippen molar-refractivity contribution in [3.63, 3.8) is 0 Å². The highest BCUT2D eigenvalue weighted by Gasteiger charge is 2.75. The standard InChI is InChI=1S/C32H46N2O6/c1-8-17-33(31(6,7)20-30(3,4)5)28(37)26-32-16-15-23(40-32)24(29(38)39-9-2)25(32)27(36)34(26)22(19-35)18-21-13-11-10-12-14-21/h8,10-14,22-26,35H,1,9,15-20H2,2-7H3/t22-,23+,24-,25-,26+,32-/m1/s1. The van der Waals surface area contributed by atoms with Gasteiger partial charge in [0.1, 0.15) is 11.6 Å². The minimum atomic E-state index is -1.16. The molecule has 3 heterocycles. The largest absolute Gasteiger partial charge is 0.466 e. The van der Waals surface area contributed by atoms with Crippen LogP contribution in [-0.4, -0.2) is 81.8 Å². The molecule has 1 aromatic rings. The number of nitrogens with zero attached hydrogens (tertiary/aromatic N) is 2. The van der Waals surface area contributed by atoms with Crippen LogP contribution in [0.25, 0.3) is 0 Å². The lowest BCUT2D eigenvalue weighted by molar-refractivity contribution is -0.157. The van der Waals surface area contributed by atoms with E-state index in [-0.39, 0.29) is 30.4 Å². The highest BCUT2D eigenvalue weighted by Crippen LogP contribution is 2.59. The summed E-state index contributed by atoms with van der Waals surface area (Å²) in [6.45, 7) is 16.3. The molecule has 40 heavy (non-hydrogen) atoms. The van der Waals surface area contributed by atoms with Crippen molar-refractivity contribution < 1.29 is 29.0 Å². The normalized spacial score (nSPS) is 28.4. The van der Waals surface area contributed by atoms with Crippen LogP contribution in [0.15, 0.2) is 43.0 Å². The first-order valence-electron chi connectivity index (χ1n) is 14.5. The molecule has 220 valence electrons. The first-order chi connectivity index (χ1) is 18.8. The van der Waals surface area contributed by atoms with Crippen LogP contribution in [0.3, 0.4) is 0 Å². The van der Waals surface area contributed by atoms with Crippen molar-refractivity contribution in [2.75, 3.05) is 19.8 Å². The number of aliphatic hydroxyl groups is 1. The van der Waals surface area contributed by atoms with E-state index in [9.17, 15) is 19.5 Å². The summed E-state index contributed by atoms with van der Waals surface area (Å²) in [4.78, 5) is 45.7. The predicted molar refractivity (Wildman–Crippen MR) is 152 cm³/mol. The van der Waals surface area contributed by atoms with Gasteiger partial charge < -0.3 is 24.4 Å². The fourth-order valence-electron chi connectivity index (χ4n) is 7.71. The lowest BCUT2D eigenvalue weighted by atomic mass is 9.70. The first kappa shape index (κ1) is 30.3. The van der Waals surface area contributed by atoms with Crippen molar-refractivity contribution >= 4 is 17.8 Å². The van der Waals surface area contributed by atoms with Crippen molar-refractivity contribution in [1.82, 2.24) is 9.80 Å². The minimum absolute atomic E-state index is 0.0620. The summed E-state index contributed by atoms with van der Waals surface area (Å²) < 4.78 is 12.0. The van der Waals surface area contributed by atoms with Gasteiger partial charge in [0.15, 0.2) is 0 Å². The molecule has 2 bridgehead atoms. The van der Waals surface area contributed by atoms with E-state index in [1.165, 1.54) is 0 Å². The number of amides is 2. The van der Waals surface area contributed by atoms with Gasteiger partial charge in [-0.25, -0.2) is 0 Å². The molecule has 3 saturated heterocycles. The van der Waals surface area contributed by atoms with E-state index in [0.29, 0.717) is 25.8 Å². The smallest absolute Gasteiger partial charge is 0.312 e. The molecule has 0 aromatic heterocycles. The Balaban J connectivity index is 1.82. The summed E-state index contributed by atoms with van der Waals surface area (Å²) in [6.07, 6.45) is 3.39. The zero-order valence-electron chi connectivity index (χ0n) is 24.9. The van der Waals surface area contributed by atoms with E-state index in [2.05, 4.69) is 27.4 Å². The fraction of sp³-hybridized carbons (Fsp3) is 0.656. The molecule has 3 aliphatic heterocycles. The maximum atomic E-state index is 14.8. The number of fused-ring (bicyclic) bond motifs is 1. The van der Waals surface area contributed by atoms with Gasteiger partial charge in [-0.1, -0.05) is 57.2 Å². The van der Waals surface area contributed by atoms with Gasteiger partial charge in [0, 0.05) is 12.1 Å². The van der Waals surface area contributed by atoms with E-state index in [1.54, 1.807) is 22.8 Å². The molecule has 4 rings (SSSR count). The fourth-order valence-corrected chi connectivity index (χ4v) is 7.71. The molecule has 1 N–H and O–H groups in total. The summed E-state index contributed by atoms with van der Waals surface area (Å²) >= 11 is 0. The van der Waals surface area contributed by atoms with E-state index in [4.69, 9.17) is 9.47 Å². The van der Waals surface area contributed by atoms with Crippen molar-refractivity contribution in [1.29, 1.82) is 0 Å². The van der Waals surface area contributed by atoms with Crippen LogP contribution in [0, 0.1) is 17.3 Å². The Bertz CT molecular complexity index is 1110. The molecule has 3 aliphatic rings. The Morgan fingerprint density at radius 1 is 1.25 bits per heavy atom. The first-order valence-corrected chi connectivity index (χ1v) is 14.5. The van der Waals surface area contributed by atoms with Crippen LogP contribution in [0.1, 0.15) is 66.4 Å². The third kappa shape index (κ3) is 5.32. The number of carbonyl (C=O) groups is 3. The molecule has 8 nitrogen and oxygen atoms in total. The molecule has 0 saturated carbocycles. The zero-order valence-corrected chi connectivity index (χ0v) is 24.9. The van der Waals surface area contributed by atoms with Crippen molar-refractivity contribution in [3.05, 3.63) is 48.6 Å². The van der Waals surface area contributed by atoms with E-state index < -0.39 is 47.1 Å². The van der Waals surface area contributed by atoms with Crippen molar-refractivity contribution in [3.8, 4) is 0 Å². The molecule has 6 atom stereocenters. The zero-order chi connectivity index (χ0) is 29.5. The molecular formula is C32H46N2O6. The molecule has 0 radical (unpaired) electrons. The van der Waals surface area contributed by atoms with Crippen LogP contribution >= 0.6 is 0 Å². The second-order valence-corrected chi connectivity index (χ2v) is 13.4. The Morgan fingerprint density at radius 3 is 2.50 bits per heavy atom. The van der Waals surface area contributed by atoms with Gasteiger partial charge in [0.05, 0.1) is 37.2 Å². The van der Waals surface area contributed by atoms with Gasteiger partial charge in [0.2, 0.25) is 11.8 Å². The number of likely N-dealkylation sites (tertiary alicyclic amines) is 1. The summed E-state index contributed by atoms with van der Waals surface area (Å²) in [5.41, 5.74) is -0.832. The van der Waals surface area contributed by atoms with Crippen LogP contribution in [0.5, 0.6) is 0 Å². The number of hydrogen-bond acceptors (Lipinski definition) is 6. The number of aliphatic hydroxyl groups excluding tert-OH is 1. The van der Waals surface area contributed by atoms with Crippen LogP contribution in [0.4, 0.5) is 0 Å². The number of benzene rings is 1. The monoisotopic (exact) mass is 554 g/mol. The Kier molecular flexibility index (Phi) is 8.53. The molecular weight excluding hydrogens is 508 g/mol. The van der Waals surface area contributed by atoms with Gasteiger partial charge in [-0.3, -0.25) is 14.4 Å². The molecule has 1 spiro atoms. The lowest BCUT2D eigenvalue weighted by Crippen LogP contribution is -2.62. The van der Waals surface area contributed by atoms with Gasteiger partial charge in [-0.2, -0.15) is 0 Å². The minimum Gasteiger partial charge on any atom is -0.466 e. The van der Waals surface area contributed by atoms with E-state index >= 15 is 0 Å². The number of ether oxygens (including phenoxy) is 2. The Hall–Kier alpha value is -2.71. The summed E-state index contributed by atoms with van der Waals surface area (Å²) in [5, 5.41) is 10.6. The highest BCUT2D eigenvalue weighted by molar-refractivity contribution is 5.98. The number of rotatable bonds is 11. The van der Waals surface area contributed by atoms with Gasteiger partial charge in [-0.15, -0.1) is 6.58 Å². The Labute approximate surface area is 238 Å². The van der Waals surface area contributed by atoms with Crippen LogP contribution in [0.2, 0.25) is 0 Å². The summed E-state index contributed by atoms with van der Waals surface area (Å²) in [6, 6.07) is 7.98. The quantitative estimate of drug-likeness (QED) is 0.331. The van der Waals surface area contributed by atoms with Crippen LogP contribution < -0.4 is 0 Å². The number of hydrogen-bond donors (Lipinski definition) is 1. The number of carbonyl (C=O) groups excluding carboxylic acids is 3. The predicted octanol–water partition coefficient (Wildman–Crippen LogP) is 3.76. The van der Waals surface area contributed by atoms with E-state index in [0.717, 1.165) is 12.0 Å². The van der Waals surface area contributed by atoms with Crippen molar-refractivity contribution in [2.24, 2.45) is 17.3 Å². The Morgan fingerprint density at radius 2 is 1.93 bits per heavy atom. The second-order valence-electron chi connectivity index (χ2n) is 13.4. The SMILES string of the molecule is C=CCN(C(=O)[C@@H]1N([C@@H](CO)Cc2ccccc2)C(=O)[C@H]2[C@H](C(=O)OCC)[C@@H]3CC[C@]12O3)C(C)(C)CC(C)(C)C. The van der Waals surface area contributed by atoms with Crippen LogP contribution in [-0.2, 0) is 30.3 Å². The molecule has 2 amide bonds.